The maximum Gasteiger partial charge on any atom is 0.0640 e. The minimum absolute atomic E-state index is 0. The maximum absolute atomic E-state index is 6.45. The van der Waals surface area contributed by atoms with Crippen LogP contribution in [-0.4, -0.2) is 31.1 Å². The van der Waals surface area contributed by atoms with E-state index in [9.17, 15) is 0 Å². The lowest BCUT2D eigenvalue weighted by molar-refractivity contribution is 0.160. The predicted molar refractivity (Wildman–Crippen MR) is 102 cm³/mol. The van der Waals surface area contributed by atoms with Gasteiger partial charge in [-0.1, -0.05) is 49.2 Å². The number of hydrogen-bond donors (Lipinski definition) is 1. The van der Waals surface area contributed by atoms with E-state index in [0.717, 1.165) is 37.6 Å². The Bertz CT molecular complexity index is 434. The smallest absolute Gasteiger partial charge is 0.0640 e. The molecule has 1 N–H and O–H groups in total. The molecule has 0 unspecified atom stereocenters. The highest BCUT2D eigenvalue weighted by Gasteiger charge is 2.24. The number of hydrogen-bond acceptors (Lipinski definition) is 2. The van der Waals surface area contributed by atoms with E-state index in [0.29, 0.717) is 17.0 Å². The SMILES string of the molecule is CC(C)CC[C@@H](c1cccc(Cl)c1Cl)N1CCNCC1.Cl.Cl. The van der Waals surface area contributed by atoms with Gasteiger partial charge in [-0.2, -0.15) is 0 Å². The van der Waals surface area contributed by atoms with Crippen molar-refractivity contribution in [2.45, 2.75) is 32.7 Å². The summed E-state index contributed by atoms with van der Waals surface area (Å²) in [6.07, 6.45) is 2.34. The molecule has 0 radical (unpaired) electrons. The fourth-order valence-corrected chi connectivity index (χ4v) is 3.23. The molecule has 2 rings (SSSR count). The van der Waals surface area contributed by atoms with Crippen molar-refractivity contribution in [3.05, 3.63) is 33.8 Å². The second-order valence-corrected chi connectivity index (χ2v) is 6.70. The molecule has 1 saturated heterocycles. The zero-order chi connectivity index (χ0) is 14.5. The minimum atomic E-state index is 0. The molecule has 2 nitrogen and oxygen atoms in total. The van der Waals surface area contributed by atoms with E-state index in [1.54, 1.807) is 0 Å². The summed E-state index contributed by atoms with van der Waals surface area (Å²) in [5.74, 6) is 0.707. The first-order valence-electron chi connectivity index (χ1n) is 7.48. The van der Waals surface area contributed by atoms with Crippen LogP contribution in [-0.2, 0) is 0 Å². The van der Waals surface area contributed by atoms with Gasteiger partial charge in [-0.15, -0.1) is 24.8 Å². The molecule has 6 heteroatoms. The number of piperazine rings is 1. The maximum atomic E-state index is 6.45. The van der Waals surface area contributed by atoms with Crippen LogP contribution in [0.1, 0.15) is 38.3 Å². The summed E-state index contributed by atoms with van der Waals surface area (Å²) in [6.45, 7) is 8.80. The molecule has 0 aliphatic carbocycles. The van der Waals surface area contributed by atoms with Gasteiger partial charge in [-0.05, 0) is 30.4 Å². The predicted octanol–water partition coefficient (Wildman–Crippen LogP) is 5.22. The van der Waals surface area contributed by atoms with Crippen molar-refractivity contribution < 1.29 is 0 Å². The van der Waals surface area contributed by atoms with Crippen molar-refractivity contribution in [3.8, 4) is 0 Å². The summed E-state index contributed by atoms with van der Waals surface area (Å²) in [6, 6.07) is 6.38. The van der Waals surface area contributed by atoms with Gasteiger partial charge in [0, 0.05) is 32.2 Å². The molecule has 1 aromatic rings. The van der Waals surface area contributed by atoms with E-state index in [1.165, 1.54) is 12.0 Å². The average Bonchev–Trinajstić information content (AvgIpc) is 2.44. The first-order valence-corrected chi connectivity index (χ1v) is 8.24. The zero-order valence-corrected chi connectivity index (χ0v) is 16.3. The Morgan fingerprint density at radius 1 is 1.09 bits per heavy atom. The van der Waals surface area contributed by atoms with Crippen LogP contribution < -0.4 is 5.32 Å². The Hall–Kier alpha value is 0.300. The first-order chi connectivity index (χ1) is 9.59. The van der Waals surface area contributed by atoms with Crippen molar-refractivity contribution in [1.29, 1.82) is 0 Å². The Morgan fingerprint density at radius 3 is 2.32 bits per heavy atom. The van der Waals surface area contributed by atoms with Gasteiger partial charge in [0.2, 0.25) is 0 Å². The lowest BCUT2D eigenvalue weighted by Gasteiger charge is -2.36. The Balaban J connectivity index is 0.00000220. The lowest BCUT2D eigenvalue weighted by atomic mass is 9.95. The van der Waals surface area contributed by atoms with Crippen LogP contribution in [0.2, 0.25) is 10.0 Å². The van der Waals surface area contributed by atoms with Crippen LogP contribution >= 0.6 is 48.0 Å². The van der Waals surface area contributed by atoms with Crippen LogP contribution in [0.4, 0.5) is 0 Å². The van der Waals surface area contributed by atoms with Gasteiger partial charge in [0.25, 0.3) is 0 Å². The van der Waals surface area contributed by atoms with Crippen LogP contribution in [0.15, 0.2) is 18.2 Å². The summed E-state index contributed by atoms with van der Waals surface area (Å²) in [7, 11) is 0. The zero-order valence-electron chi connectivity index (χ0n) is 13.1. The molecule has 1 aliphatic heterocycles. The van der Waals surface area contributed by atoms with Crippen molar-refractivity contribution in [2.24, 2.45) is 5.92 Å². The van der Waals surface area contributed by atoms with E-state index in [1.807, 2.05) is 12.1 Å². The fourth-order valence-electron chi connectivity index (χ4n) is 2.80. The van der Waals surface area contributed by atoms with Gasteiger partial charge in [0.05, 0.1) is 10.0 Å². The number of nitrogens with zero attached hydrogens (tertiary/aromatic N) is 1. The molecule has 1 atom stereocenters. The monoisotopic (exact) mass is 386 g/mol. The third-order valence-electron chi connectivity index (χ3n) is 3.95. The van der Waals surface area contributed by atoms with E-state index in [4.69, 9.17) is 23.2 Å². The van der Waals surface area contributed by atoms with Gasteiger partial charge < -0.3 is 5.32 Å². The van der Waals surface area contributed by atoms with Crippen LogP contribution in [0.3, 0.4) is 0 Å². The standard InChI is InChI=1S/C16H24Cl2N2.2ClH/c1-12(2)6-7-15(20-10-8-19-9-11-20)13-4-3-5-14(17)16(13)18;;/h3-5,12,15,19H,6-11H2,1-2H3;2*1H/t15-;;/m0../s1. The molecular formula is C16H26Cl4N2. The van der Waals surface area contributed by atoms with Crippen molar-refractivity contribution >= 4 is 48.0 Å². The van der Waals surface area contributed by atoms with Crippen LogP contribution in [0, 0.1) is 5.92 Å². The molecule has 1 aliphatic rings. The summed E-state index contributed by atoms with van der Waals surface area (Å²) < 4.78 is 0. The second-order valence-electron chi connectivity index (χ2n) is 5.92. The fraction of sp³-hybridized carbons (Fsp3) is 0.625. The Morgan fingerprint density at radius 2 is 1.73 bits per heavy atom. The molecule has 0 aromatic heterocycles. The lowest BCUT2D eigenvalue weighted by Crippen LogP contribution is -2.45. The molecule has 1 heterocycles. The topological polar surface area (TPSA) is 15.3 Å². The number of benzene rings is 1. The van der Waals surface area contributed by atoms with Gasteiger partial charge in [0.1, 0.15) is 0 Å². The summed E-state index contributed by atoms with van der Waals surface area (Å²) >= 11 is 12.6. The average molecular weight is 388 g/mol. The molecule has 0 saturated carbocycles. The minimum Gasteiger partial charge on any atom is -0.314 e. The molecular weight excluding hydrogens is 362 g/mol. The van der Waals surface area contributed by atoms with E-state index < -0.39 is 0 Å². The van der Waals surface area contributed by atoms with Gasteiger partial charge >= 0.3 is 0 Å². The Labute approximate surface area is 156 Å². The molecule has 0 amide bonds. The van der Waals surface area contributed by atoms with Gasteiger partial charge in [-0.25, -0.2) is 0 Å². The third kappa shape index (κ3) is 6.07. The molecule has 1 aromatic carbocycles. The highest BCUT2D eigenvalue weighted by Crippen LogP contribution is 2.36. The summed E-state index contributed by atoms with van der Waals surface area (Å²) in [5.41, 5.74) is 1.18. The summed E-state index contributed by atoms with van der Waals surface area (Å²) in [4.78, 5) is 2.54. The van der Waals surface area contributed by atoms with E-state index in [-0.39, 0.29) is 24.8 Å². The van der Waals surface area contributed by atoms with Crippen molar-refractivity contribution in [3.63, 3.8) is 0 Å². The number of rotatable bonds is 5. The van der Waals surface area contributed by atoms with Gasteiger partial charge in [-0.3, -0.25) is 4.90 Å². The molecule has 1 fully saturated rings. The highest BCUT2D eigenvalue weighted by atomic mass is 35.5. The third-order valence-corrected chi connectivity index (χ3v) is 4.78. The van der Waals surface area contributed by atoms with Crippen molar-refractivity contribution in [2.75, 3.05) is 26.2 Å². The summed E-state index contributed by atoms with van der Waals surface area (Å²) in [5, 5.41) is 4.80. The van der Waals surface area contributed by atoms with Crippen molar-refractivity contribution in [1.82, 2.24) is 10.2 Å². The largest absolute Gasteiger partial charge is 0.314 e. The van der Waals surface area contributed by atoms with E-state index in [2.05, 4.69) is 30.1 Å². The Kier molecular flexibility index (Phi) is 11.1. The number of halogens is 4. The second kappa shape index (κ2) is 11.0. The molecule has 128 valence electrons. The molecule has 22 heavy (non-hydrogen) atoms. The van der Waals surface area contributed by atoms with E-state index >= 15 is 0 Å². The van der Waals surface area contributed by atoms with Gasteiger partial charge in [0.15, 0.2) is 0 Å². The van der Waals surface area contributed by atoms with Crippen LogP contribution in [0.25, 0.3) is 0 Å². The highest BCUT2D eigenvalue weighted by molar-refractivity contribution is 6.42. The normalized spacial score (nSPS) is 16.8. The first kappa shape index (κ1) is 22.3. The number of nitrogens with one attached hydrogen (secondary N) is 1. The molecule has 0 bridgehead atoms. The van der Waals surface area contributed by atoms with Crippen LogP contribution in [0.5, 0.6) is 0 Å². The quantitative estimate of drug-likeness (QED) is 0.744. The molecule has 0 spiro atoms.